The monoisotopic (exact) mass is 467 g/mol. The molecule has 0 saturated heterocycles. The van der Waals surface area contributed by atoms with Crippen molar-refractivity contribution in [1.82, 2.24) is 0 Å². The lowest BCUT2D eigenvalue weighted by molar-refractivity contribution is 0.102. The van der Waals surface area contributed by atoms with Crippen LogP contribution >= 0.6 is 7.60 Å². The summed E-state index contributed by atoms with van der Waals surface area (Å²) in [4.78, 5) is 31.1. The van der Waals surface area contributed by atoms with Crippen LogP contribution in [0.4, 0.5) is 5.69 Å². The first kappa shape index (κ1) is 24.7. The van der Waals surface area contributed by atoms with E-state index in [2.05, 4.69) is 12.2 Å². The molecule has 3 aromatic carbocycles. The second-order valence-electron chi connectivity index (χ2n) is 7.91. The molecule has 0 fully saturated rings. The maximum atomic E-state index is 12.5. The Kier molecular flexibility index (Phi) is 8.84. The normalized spacial score (nSPS) is 11.2. The number of hydrogen-bond acceptors (Lipinski definition) is 3. The van der Waals surface area contributed by atoms with Crippen molar-refractivity contribution in [1.29, 1.82) is 0 Å². The smallest absolute Gasteiger partial charge is 0.356 e. The zero-order chi connectivity index (χ0) is 23.7. The average Bonchev–Trinajstić information content (AvgIpc) is 2.81. The van der Waals surface area contributed by atoms with Gasteiger partial charge in [-0.15, -0.1) is 0 Å². The molecule has 33 heavy (non-hydrogen) atoms. The van der Waals surface area contributed by atoms with E-state index < -0.39 is 7.60 Å². The SMILES string of the molecule is CCCCCCCOc1ccc(-c2ccc(C(=O)Nc3cccc(P(=O)(O)O)c3)cc2)cc1. The van der Waals surface area contributed by atoms with Gasteiger partial charge in [0.1, 0.15) is 5.75 Å². The number of nitrogens with one attached hydrogen (secondary N) is 1. The highest BCUT2D eigenvalue weighted by molar-refractivity contribution is 7.60. The fourth-order valence-electron chi connectivity index (χ4n) is 3.42. The standard InChI is InChI=1S/C26H30NO5P/c1-2-3-4-5-6-18-32-24-16-14-21(15-17-24)20-10-12-22(13-11-20)26(28)27-23-8-7-9-25(19-23)33(29,30)31/h7-17,19H,2-6,18H2,1H3,(H,27,28)(H2,29,30,31). The molecule has 0 bridgehead atoms. The van der Waals surface area contributed by atoms with Crippen LogP contribution in [0.5, 0.6) is 5.75 Å². The summed E-state index contributed by atoms with van der Waals surface area (Å²) < 4.78 is 17.2. The van der Waals surface area contributed by atoms with Crippen molar-refractivity contribution >= 4 is 24.5 Å². The lowest BCUT2D eigenvalue weighted by Gasteiger charge is -2.10. The average molecular weight is 468 g/mol. The third-order valence-corrected chi connectivity index (χ3v) is 6.24. The van der Waals surface area contributed by atoms with E-state index in [1.54, 1.807) is 18.2 Å². The van der Waals surface area contributed by atoms with Gasteiger partial charge in [-0.1, -0.05) is 62.9 Å². The molecule has 3 N–H and O–H groups in total. The Morgan fingerprint density at radius 1 is 0.879 bits per heavy atom. The van der Waals surface area contributed by atoms with Gasteiger partial charge < -0.3 is 19.8 Å². The van der Waals surface area contributed by atoms with Gasteiger partial charge in [-0.2, -0.15) is 0 Å². The summed E-state index contributed by atoms with van der Waals surface area (Å²) in [5.41, 5.74) is 2.77. The summed E-state index contributed by atoms with van der Waals surface area (Å²) >= 11 is 0. The van der Waals surface area contributed by atoms with E-state index in [1.165, 1.54) is 43.9 Å². The van der Waals surface area contributed by atoms with Gasteiger partial charge >= 0.3 is 7.60 Å². The number of benzene rings is 3. The number of hydrogen-bond donors (Lipinski definition) is 3. The van der Waals surface area contributed by atoms with Crippen molar-refractivity contribution in [2.75, 3.05) is 11.9 Å². The van der Waals surface area contributed by atoms with Crippen LogP contribution in [0.2, 0.25) is 0 Å². The number of ether oxygens (including phenoxy) is 1. The quantitative estimate of drug-likeness (QED) is 0.246. The first-order chi connectivity index (χ1) is 15.9. The van der Waals surface area contributed by atoms with Crippen molar-refractivity contribution in [3.63, 3.8) is 0 Å². The molecule has 0 radical (unpaired) electrons. The van der Waals surface area contributed by atoms with Gasteiger partial charge in [-0.25, -0.2) is 0 Å². The maximum Gasteiger partial charge on any atom is 0.356 e. The minimum absolute atomic E-state index is 0.139. The zero-order valence-electron chi connectivity index (χ0n) is 18.7. The van der Waals surface area contributed by atoms with E-state index in [-0.39, 0.29) is 11.2 Å². The van der Waals surface area contributed by atoms with E-state index in [0.717, 1.165) is 29.9 Å². The van der Waals surface area contributed by atoms with E-state index in [9.17, 15) is 19.1 Å². The fourth-order valence-corrected chi connectivity index (χ4v) is 4.01. The Hall–Kier alpha value is -2.92. The fraction of sp³-hybridized carbons (Fsp3) is 0.269. The molecule has 0 unspecified atom stereocenters. The lowest BCUT2D eigenvalue weighted by atomic mass is 10.0. The van der Waals surface area contributed by atoms with Gasteiger partial charge in [-0.3, -0.25) is 9.36 Å². The molecule has 6 nitrogen and oxygen atoms in total. The van der Waals surface area contributed by atoms with E-state index in [0.29, 0.717) is 11.3 Å². The predicted molar refractivity (Wildman–Crippen MR) is 132 cm³/mol. The Bertz CT molecular complexity index is 1090. The molecule has 1 amide bonds. The zero-order valence-corrected chi connectivity index (χ0v) is 19.6. The highest BCUT2D eigenvalue weighted by Crippen LogP contribution is 2.33. The molecule has 0 spiro atoms. The van der Waals surface area contributed by atoms with Crippen LogP contribution in [0.3, 0.4) is 0 Å². The Morgan fingerprint density at radius 3 is 2.15 bits per heavy atom. The van der Waals surface area contributed by atoms with Crippen LogP contribution < -0.4 is 15.4 Å². The van der Waals surface area contributed by atoms with Crippen molar-refractivity contribution in [2.45, 2.75) is 39.0 Å². The molecular weight excluding hydrogens is 437 g/mol. The molecule has 0 aliphatic carbocycles. The summed E-state index contributed by atoms with van der Waals surface area (Å²) in [5.74, 6) is 0.495. The Balaban J connectivity index is 1.56. The molecule has 0 heterocycles. The number of unbranched alkanes of at least 4 members (excludes halogenated alkanes) is 4. The van der Waals surface area contributed by atoms with Crippen LogP contribution in [0.1, 0.15) is 49.4 Å². The Labute approximate surface area is 194 Å². The molecule has 0 aromatic heterocycles. The van der Waals surface area contributed by atoms with Crippen LogP contribution in [-0.4, -0.2) is 22.3 Å². The van der Waals surface area contributed by atoms with E-state index in [1.807, 2.05) is 36.4 Å². The van der Waals surface area contributed by atoms with Crippen molar-refractivity contribution < 1.29 is 23.9 Å². The van der Waals surface area contributed by atoms with Gasteiger partial charge in [-0.05, 0) is 60.0 Å². The minimum atomic E-state index is -4.38. The number of carbonyl (C=O) groups is 1. The van der Waals surface area contributed by atoms with Crippen LogP contribution in [-0.2, 0) is 4.57 Å². The van der Waals surface area contributed by atoms with E-state index in [4.69, 9.17) is 4.74 Å². The second-order valence-corrected chi connectivity index (χ2v) is 9.52. The summed E-state index contributed by atoms with van der Waals surface area (Å²) in [6, 6.07) is 20.8. The minimum Gasteiger partial charge on any atom is -0.494 e. The highest BCUT2D eigenvalue weighted by atomic mass is 31.2. The van der Waals surface area contributed by atoms with Crippen LogP contribution in [0.25, 0.3) is 11.1 Å². The van der Waals surface area contributed by atoms with Crippen LogP contribution in [0, 0.1) is 0 Å². The summed E-state index contributed by atoms with van der Waals surface area (Å²) in [5, 5.41) is 2.53. The molecule has 0 saturated carbocycles. The van der Waals surface area contributed by atoms with Gasteiger partial charge in [0.05, 0.1) is 11.9 Å². The van der Waals surface area contributed by atoms with Gasteiger partial charge in [0.25, 0.3) is 5.91 Å². The predicted octanol–water partition coefficient (Wildman–Crippen LogP) is 5.76. The summed E-state index contributed by atoms with van der Waals surface area (Å²) in [6.45, 7) is 2.93. The van der Waals surface area contributed by atoms with Gasteiger partial charge in [0.15, 0.2) is 0 Å². The van der Waals surface area contributed by atoms with Crippen molar-refractivity contribution in [3.05, 3.63) is 78.4 Å². The molecule has 0 atom stereocenters. The van der Waals surface area contributed by atoms with Gasteiger partial charge in [0.2, 0.25) is 0 Å². The third kappa shape index (κ3) is 7.57. The Morgan fingerprint density at radius 2 is 1.52 bits per heavy atom. The number of anilines is 1. The summed E-state index contributed by atoms with van der Waals surface area (Å²) in [7, 11) is -4.38. The van der Waals surface area contributed by atoms with Gasteiger partial charge in [0, 0.05) is 11.3 Å². The van der Waals surface area contributed by atoms with Crippen molar-refractivity contribution in [2.24, 2.45) is 0 Å². The first-order valence-electron chi connectivity index (χ1n) is 11.2. The van der Waals surface area contributed by atoms with Crippen molar-refractivity contribution in [3.8, 4) is 16.9 Å². The van der Waals surface area contributed by atoms with E-state index >= 15 is 0 Å². The first-order valence-corrected chi connectivity index (χ1v) is 12.8. The molecule has 0 aliphatic rings. The number of rotatable bonds is 11. The summed E-state index contributed by atoms with van der Waals surface area (Å²) in [6.07, 6.45) is 6.03. The molecule has 3 rings (SSSR count). The number of amides is 1. The topological polar surface area (TPSA) is 95.9 Å². The molecule has 0 aliphatic heterocycles. The highest BCUT2D eigenvalue weighted by Gasteiger charge is 2.17. The molecule has 174 valence electrons. The second kappa shape index (κ2) is 11.8. The molecule has 7 heteroatoms. The van der Waals surface area contributed by atoms with Crippen LogP contribution in [0.15, 0.2) is 72.8 Å². The largest absolute Gasteiger partial charge is 0.494 e. The molecule has 3 aromatic rings. The lowest BCUT2D eigenvalue weighted by Crippen LogP contribution is -2.13. The number of carbonyl (C=O) groups excluding carboxylic acids is 1. The third-order valence-electron chi connectivity index (χ3n) is 5.29. The maximum absolute atomic E-state index is 12.5. The molecular formula is C26H30NO5P.